The van der Waals surface area contributed by atoms with E-state index in [1.807, 2.05) is 23.1 Å². The Morgan fingerprint density at radius 1 is 1.22 bits per heavy atom. The molecule has 3 nitrogen and oxygen atoms in total. The van der Waals surface area contributed by atoms with Crippen molar-refractivity contribution in [3.8, 4) is 5.69 Å². The zero-order chi connectivity index (χ0) is 12.2. The van der Waals surface area contributed by atoms with E-state index in [2.05, 4.69) is 34.7 Å². The molecule has 1 aromatic carbocycles. The number of piperidine rings is 1. The molecule has 3 rings (SSSR count). The molecule has 0 aliphatic carbocycles. The highest BCUT2D eigenvalue weighted by Crippen LogP contribution is 2.18. The van der Waals surface area contributed by atoms with E-state index in [-0.39, 0.29) is 0 Å². The van der Waals surface area contributed by atoms with Gasteiger partial charge in [0.25, 0.3) is 0 Å². The van der Waals surface area contributed by atoms with E-state index < -0.39 is 0 Å². The van der Waals surface area contributed by atoms with E-state index in [0.29, 0.717) is 6.04 Å². The molecule has 18 heavy (non-hydrogen) atoms. The summed E-state index contributed by atoms with van der Waals surface area (Å²) in [4.78, 5) is 0. The molecule has 2 heterocycles. The first-order chi connectivity index (χ1) is 8.93. The van der Waals surface area contributed by atoms with Crippen LogP contribution in [0.15, 0.2) is 42.7 Å². The summed E-state index contributed by atoms with van der Waals surface area (Å²) < 4.78 is 1.96. The van der Waals surface area contributed by atoms with Crippen LogP contribution >= 0.6 is 0 Å². The molecule has 1 unspecified atom stereocenters. The van der Waals surface area contributed by atoms with Crippen LogP contribution in [0.2, 0.25) is 0 Å². The second-order valence-corrected chi connectivity index (χ2v) is 4.93. The number of nitrogens with one attached hydrogen (secondary N) is 1. The molecule has 2 aromatic rings. The van der Waals surface area contributed by atoms with Crippen molar-refractivity contribution < 1.29 is 0 Å². The Labute approximate surface area is 108 Å². The minimum Gasteiger partial charge on any atom is -0.314 e. The maximum absolute atomic E-state index is 4.34. The van der Waals surface area contributed by atoms with Gasteiger partial charge in [0.1, 0.15) is 0 Å². The zero-order valence-corrected chi connectivity index (χ0v) is 10.5. The summed E-state index contributed by atoms with van der Waals surface area (Å²) in [6, 6.07) is 11.1. The fraction of sp³-hybridized carbons (Fsp3) is 0.400. The first-order valence-corrected chi connectivity index (χ1v) is 6.75. The molecule has 0 radical (unpaired) electrons. The average molecular weight is 241 g/mol. The highest BCUT2D eigenvalue weighted by Gasteiger charge is 2.15. The van der Waals surface area contributed by atoms with E-state index >= 15 is 0 Å². The average Bonchev–Trinajstić information content (AvgIpc) is 2.94. The van der Waals surface area contributed by atoms with E-state index in [4.69, 9.17) is 0 Å². The first-order valence-electron chi connectivity index (χ1n) is 6.75. The monoisotopic (exact) mass is 241 g/mol. The van der Waals surface area contributed by atoms with Crippen LogP contribution in [0, 0.1) is 0 Å². The van der Waals surface area contributed by atoms with Gasteiger partial charge in [0.15, 0.2) is 0 Å². The van der Waals surface area contributed by atoms with Gasteiger partial charge in [0.05, 0.1) is 5.69 Å². The summed E-state index contributed by atoms with van der Waals surface area (Å²) in [5.74, 6) is 0. The van der Waals surface area contributed by atoms with Crippen molar-refractivity contribution in [1.29, 1.82) is 0 Å². The minimum atomic E-state index is 0.621. The highest BCUT2D eigenvalue weighted by atomic mass is 15.3. The molecule has 3 heteroatoms. The maximum Gasteiger partial charge on any atom is 0.0678 e. The molecular formula is C15H19N3. The van der Waals surface area contributed by atoms with Gasteiger partial charge < -0.3 is 5.32 Å². The van der Waals surface area contributed by atoms with Crippen molar-refractivity contribution in [2.45, 2.75) is 31.7 Å². The van der Waals surface area contributed by atoms with E-state index in [1.165, 1.54) is 30.5 Å². The third-order valence-electron chi connectivity index (χ3n) is 3.62. The van der Waals surface area contributed by atoms with Crippen LogP contribution in [-0.4, -0.2) is 22.4 Å². The van der Waals surface area contributed by atoms with Crippen molar-refractivity contribution in [2.24, 2.45) is 0 Å². The van der Waals surface area contributed by atoms with Crippen LogP contribution in [0.4, 0.5) is 0 Å². The Morgan fingerprint density at radius 2 is 2.17 bits per heavy atom. The lowest BCUT2D eigenvalue weighted by molar-refractivity contribution is 0.399. The number of para-hydroxylation sites is 1. The van der Waals surface area contributed by atoms with Gasteiger partial charge in [-0.1, -0.05) is 24.6 Å². The van der Waals surface area contributed by atoms with Gasteiger partial charge >= 0.3 is 0 Å². The molecule has 1 aliphatic rings. The minimum absolute atomic E-state index is 0.621. The second-order valence-electron chi connectivity index (χ2n) is 4.93. The van der Waals surface area contributed by atoms with Crippen LogP contribution in [0.3, 0.4) is 0 Å². The highest BCUT2D eigenvalue weighted by molar-refractivity contribution is 5.40. The molecule has 1 aromatic heterocycles. The van der Waals surface area contributed by atoms with Gasteiger partial charge in [0, 0.05) is 18.4 Å². The topological polar surface area (TPSA) is 29.9 Å². The molecule has 0 saturated carbocycles. The molecule has 1 saturated heterocycles. The predicted molar refractivity (Wildman–Crippen MR) is 72.9 cm³/mol. The number of hydrogen-bond donors (Lipinski definition) is 1. The third kappa shape index (κ3) is 2.46. The van der Waals surface area contributed by atoms with E-state index in [9.17, 15) is 0 Å². The molecular weight excluding hydrogens is 222 g/mol. The van der Waals surface area contributed by atoms with Gasteiger partial charge in [0.2, 0.25) is 0 Å². The van der Waals surface area contributed by atoms with Crippen LogP contribution in [0.5, 0.6) is 0 Å². The van der Waals surface area contributed by atoms with E-state index in [0.717, 1.165) is 13.0 Å². The van der Waals surface area contributed by atoms with Crippen molar-refractivity contribution in [1.82, 2.24) is 15.1 Å². The molecule has 1 atom stereocenters. The zero-order valence-electron chi connectivity index (χ0n) is 10.5. The van der Waals surface area contributed by atoms with Crippen molar-refractivity contribution in [3.05, 3.63) is 48.3 Å². The quantitative estimate of drug-likeness (QED) is 0.895. The van der Waals surface area contributed by atoms with Crippen LogP contribution < -0.4 is 5.32 Å². The van der Waals surface area contributed by atoms with Crippen molar-refractivity contribution >= 4 is 0 Å². The Hall–Kier alpha value is -1.61. The predicted octanol–water partition coefficient (Wildman–Crippen LogP) is 2.56. The SMILES string of the molecule is c1ccc(-n2cccn2)c(CC2CCCCN2)c1. The summed E-state index contributed by atoms with van der Waals surface area (Å²) >= 11 is 0. The standard InChI is InChI=1S/C15H19N3/c1-2-8-15(18-11-5-10-17-18)13(6-1)12-14-7-3-4-9-16-14/h1-2,5-6,8,10-11,14,16H,3-4,7,9,12H2. The smallest absolute Gasteiger partial charge is 0.0678 e. The normalized spacial score (nSPS) is 19.9. The van der Waals surface area contributed by atoms with Crippen LogP contribution in [0.25, 0.3) is 5.69 Å². The lowest BCUT2D eigenvalue weighted by atomic mass is 9.97. The summed E-state index contributed by atoms with van der Waals surface area (Å²) in [7, 11) is 0. The van der Waals surface area contributed by atoms with Gasteiger partial charge in [-0.05, 0) is 43.5 Å². The number of benzene rings is 1. The molecule has 1 aliphatic heterocycles. The number of hydrogen-bond acceptors (Lipinski definition) is 2. The lowest BCUT2D eigenvalue weighted by Gasteiger charge is -2.24. The largest absolute Gasteiger partial charge is 0.314 e. The molecule has 0 spiro atoms. The fourth-order valence-electron chi connectivity index (χ4n) is 2.68. The molecule has 0 bridgehead atoms. The summed E-state index contributed by atoms with van der Waals surface area (Å²) in [6.45, 7) is 1.16. The van der Waals surface area contributed by atoms with Gasteiger partial charge in [-0.2, -0.15) is 5.10 Å². The molecule has 94 valence electrons. The van der Waals surface area contributed by atoms with Gasteiger partial charge in [-0.3, -0.25) is 0 Å². The summed E-state index contributed by atoms with van der Waals surface area (Å²) in [5, 5.41) is 7.95. The Kier molecular flexibility index (Phi) is 3.42. The van der Waals surface area contributed by atoms with Gasteiger partial charge in [-0.25, -0.2) is 4.68 Å². The number of rotatable bonds is 3. The van der Waals surface area contributed by atoms with Crippen LogP contribution in [0.1, 0.15) is 24.8 Å². The first kappa shape index (κ1) is 11.5. The lowest BCUT2D eigenvalue weighted by Crippen LogP contribution is -2.35. The van der Waals surface area contributed by atoms with Crippen LogP contribution in [-0.2, 0) is 6.42 Å². The van der Waals surface area contributed by atoms with Crippen molar-refractivity contribution in [2.75, 3.05) is 6.54 Å². The maximum atomic E-state index is 4.34. The second kappa shape index (κ2) is 5.36. The number of nitrogens with zero attached hydrogens (tertiary/aromatic N) is 2. The number of aromatic nitrogens is 2. The Balaban J connectivity index is 1.83. The third-order valence-corrected chi connectivity index (χ3v) is 3.62. The molecule has 1 fully saturated rings. The van der Waals surface area contributed by atoms with E-state index in [1.54, 1.807) is 0 Å². The molecule has 0 amide bonds. The Bertz CT molecular complexity index is 484. The van der Waals surface area contributed by atoms with Crippen molar-refractivity contribution in [3.63, 3.8) is 0 Å². The fourth-order valence-corrected chi connectivity index (χ4v) is 2.68. The summed E-state index contributed by atoms with van der Waals surface area (Å²) in [5.41, 5.74) is 2.58. The molecule has 1 N–H and O–H groups in total. The Morgan fingerprint density at radius 3 is 2.94 bits per heavy atom. The summed E-state index contributed by atoms with van der Waals surface area (Å²) in [6.07, 6.45) is 8.88. The van der Waals surface area contributed by atoms with Gasteiger partial charge in [-0.15, -0.1) is 0 Å².